The summed E-state index contributed by atoms with van der Waals surface area (Å²) in [5.74, 6) is 0.532. The Morgan fingerprint density at radius 3 is 3.17 bits per heavy atom. The summed E-state index contributed by atoms with van der Waals surface area (Å²) in [5.41, 5.74) is 0.494. The molecule has 0 spiro atoms. The van der Waals surface area contributed by atoms with Crippen LogP contribution >= 0.6 is 23.1 Å². The molecule has 0 aliphatic carbocycles. The molecule has 2 aromatic heterocycles. The highest BCUT2D eigenvalue weighted by Gasteiger charge is 2.09. The van der Waals surface area contributed by atoms with Crippen LogP contribution in [0, 0.1) is 0 Å². The average Bonchev–Trinajstić information content (AvgIpc) is 2.85. The van der Waals surface area contributed by atoms with Crippen molar-refractivity contribution in [2.45, 2.75) is 4.34 Å². The first-order chi connectivity index (χ1) is 8.79. The number of nitrogens with zero attached hydrogens (tertiary/aromatic N) is 3. The molecule has 0 unspecified atom stereocenters. The number of rotatable bonds is 5. The van der Waals surface area contributed by atoms with Crippen LogP contribution in [0.25, 0.3) is 0 Å². The number of carbonyl (C=O) groups is 1. The van der Waals surface area contributed by atoms with E-state index in [1.807, 2.05) is 0 Å². The van der Waals surface area contributed by atoms with Crippen molar-refractivity contribution in [2.75, 3.05) is 11.1 Å². The predicted octanol–water partition coefficient (Wildman–Crippen LogP) is 2.46. The van der Waals surface area contributed by atoms with Crippen LogP contribution in [-0.4, -0.2) is 26.8 Å². The summed E-state index contributed by atoms with van der Waals surface area (Å²) >= 11 is 2.86. The molecule has 0 fully saturated rings. The Kier molecular flexibility index (Phi) is 4.43. The first-order valence-electron chi connectivity index (χ1n) is 5.08. The first kappa shape index (κ1) is 12.7. The van der Waals surface area contributed by atoms with Gasteiger partial charge in [-0.3, -0.25) is 15.1 Å². The van der Waals surface area contributed by atoms with Crippen LogP contribution in [0.3, 0.4) is 0 Å². The Balaban J connectivity index is 1.99. The van der Waals surface area contributed by atoms with Gasteiger partial charge < -0.3 is 0 Å². The van der Waals surface area contributed by atoms with Gasteiger partial charge in [0.25, 0.3) is 5.91 Å². The molecule has 18 heavy (non-hydrogen) atoms. The monoisotopic (exact) mass is 278 g/mol. The minimum absolute atomic E-state index is 0.237. The molecule has 0 aromatic carbocycles. The molecule has 92 valence electrons. The fraction of sp³-hybridized carbons (Fsp3) is 0.0909. The molecular formula is C11H10N4OS2. The van der Waals surface area contributed by atoms with E-state index < -0.39 is 0 Å². The van der Waals surface area contributed by atoms with Gasteiger partial charge in [-0.1, -0.05) is 29.2 Å². The van der Waals surface area contributed by atoms with Crippen LogP contribution in [0.15, 0.2) is 41.5 Å². The molecule has 0 radical (unpaired) electrons. The van der Waals surface area contributed by atoms with Gasteiger partial charge in [-0.2, -0.15) is 0 Å². The summed E-state index contributed by atoms with van der Waals surface area (Å²) in [6.07, 6.45) is 4.91. The molecular weight excluding hydrogens is 268 g/mol. The minimum atomic E-state index is -0.237. The number of hydrogen-bond donors (Lipinski definition) is 1. The zero-order valence-electron chi connectivity index (χ0n) is 9.37. The molecule has 5 nitrogen and oxygen atoms in total. The van der Waals surface area contributed by atoms with Crippen LogP contribution in [0.2, 0.25) is 0 Å². The van der Waals surface area contributed by atoms with Gasteiger partial charge in [0.1, 0.15) is 0 Å². The number of thioether (sulfide) groups is 1. The van der Waals surface area contributed by atoms with Crippen molar-refractivity contribution in [2.24, 2.45) is 0 Å². The Labute approximate surface area is 112 Å². The van der Waals surface area contributed by atoms with Crippen LogP contribution in [0.1, 0.15) is 10.4 Å². The largest absolute Gasteiger partial charge is 0.296 e. The predicted molar refractivity (Wildman–Crippen MR) is 73.0 cm³/mol. The summed E-state index contributed by atoms with van der Waals surface area (Å²) in [7, 11) is 0. The van der Waals surface area contributed by atoms with Gasteiger partial charge in [-0.15, -0.1) is 16.8 Å². The highest BCUT2D eigenvalue weighted by atomic mass is 32.2. The number of pyridine rings is 1. The van der Waals surface area contributed by atoms with Gasteiger partial charge in [-0.05, 0) is 12.1 Å². The zero-order chi connectivity index (χ0) is 12.8. The summed E-state index contributed by atoms with van der Waals surface area (Å²) in [5, 5.41) is 11.0. The molecule has 0 aliphatic heterocycles. The molecule has 2 heterocycles. The van der Waals surface area contributed by atoms with E-state index >= 15 is 0 Å². The SMILES string of the molecule is C=CCSc1nnc(NC(=O)c2cccnc2)s1. The normalized spacial score (nSPS) is 10.0. The zero-order valence-corrected chi connectivity index (χ0v) is 11.0. The van der Waals surface area contributed by atoms with Gasteiger partial charge in [-0.25, -0.2) is 0 Å². The van der Waals surface area contributed by atoms with Crippen molar-refractivity contribution in [3.05, 3.63) is 42.7 Å². The van der Waals surface area contributed by atoms with E-state index in [4.69, 9.17) is 0 Å². The van der Waals surface area contributed by atoms with E-state index in [0.717, 1.165) is 10.1 Å². The second-order valence-electron chi connectivity index (χ2n) is 3.17. The molecule has 0 atom stereocenters. The maximum atomic E-state index is 11.8. The minimum Gasteiger partial charge on any atom is -0.296 e. The number of aromatic nitrogens is 3. The van der Waals surface area contributed by atoms with Crippen LogP contribution in [0.4, 0.5) is 5.13 Å². The lowest BCUT2D eigenvalue weighted by molar-refractivity contribution is 0.102. The fourth-order valence-electron chi connectivity index (χ4n) is 1.12. The van der Waals surface area contributed by atoms with E-state index in [-0.39, 0.29) is 5.91 Å². The molecule has 0 saturated carbocycles. The molecule has 2 aromatic rings. The second kappa shape index (κ2) is 6.27. The lowest BCUT2D eigenvalue weighted by Gasteiger charge is -1.99. The number of nitrogens with one attached hydrogen (secondary N) is 1. The summed E-state index contributed by atoms with van der Waals surface area (Å²) in [6.45, 7) is 3.63. The van der Waals surface area contributed by atoms with Gasteiger partial charge >= 0.3 is 0 Å². The third kappa shape index (κ3) is 3.38. The number of hydrogen-bond acceptors (Lipinski definition) is 6. The van der Waals surface area contributed by atoms with E-state index in [9.17, 15) is 4.79 Å². The highest BCUT2D eigenvalue weighted by molar-refractivity contribution is 8.01. The lowest BCUT2D eigenvalue weighted by atomic mass is 10.3. The molecule has 7 heteroatoms. The molecule has 0 saturated heterocycles. The van der Waals surface area contributed by atoms with Crippen molar-refractivity contribution >= 4 is 34.1 Å². The van der Waals surface area contributed by atoms with Crippen molar-refractivity contribution in [1.29, 1.82) is 0 Å². The maximum Gasteiger partial charge on any atom is 0.259 e. The fourth-order valence-corrected chi connectivity index (χ4v) is 2.62. The number of amides is 1. The highest BCUT2D eigenvalue weighted by Crippen LogP contribution is 2.25. The van der Waals surface area contributed by atoms with Gasteiger partial charge in [0.05, 0.1) is 5.56 Å². The van der Waals surface area contributed by atoms with E-state index in [0.29, 0.717) is 10.7 Å². The Morgan fingerprint density at radius 1 is 1.56 bits per heavy atom. The van der Waals surface area contributed by atoms with Crippen LogP contribution < -0.4 is 5.32 Å². The topological polar surface area (TPSA) is 67.8 Å². The Bertz CT molecular complexity index is 541. The number of carbonyl (C=O) groups excluding carboxylic acids is 1. The Morgan fingerprint density at radius 2 is 2.44 bits per heavy atom. The van der Waals surface area contributed by atoms with E-state index in [1.165, 1.54) is 29.3 Å². The molecule has 2 rings (SSSR count). The van der Waals surface area contributed by atoms with Crippen molar-refractivity contribution in [3.63, 3.8) is 0 Å². The summed E-state index contributed by atoms with van der Waals surface area (Å²) in [6, 6.07) is 3.40. The number of anilines is 1. The van der Waals surface area contributed by atoms with Crippen molar-refractivity contribution in [1.82, 2.24) is 15.2 Å². The molecule has 1 N–H and O–H groups in total. The van der Waals surface area contributed by atoms with Crippen LogP contribution in [0.5, 0.6) is 0 Å². The first-order valence-corrected chi connectivity index (χ1v) is 6.88. The molecule has 0 aliphatic rings. The molecule has 1 amide bonds. The van der Waals surface area contributed by atoms with Gasteiger partial charge in [0, 0.05) is 18.1 Å². The smallest absolute Gasteiger partial charge is 0.259 e. The standard InChI is InChI=1S/C11H10N4OS2/c1-2-6-17-11-15-14-10(18-11)13-9(16)8-4-3-5-12-7-8/h2-5,7H,1,6H2,(H,13,14,16). The summed E-state index contributed by atoms with van der Waals surface area (Å²) in [4.78, 5) is 15.7. The average molecular weight is 278 g/mol. The summed E-state index contributed by atoms with van der Waals surface area (Å²) < 4.78 is 0.802. The van der Waals surface area contributed by atoms with E-state index in [1.54, 1.807) is 24.4 Å². The third-order valence-electron chi connectivity index (χ3n) is 1.88. The van der Waals surface area contributed by atoms with Gasteiger partial charge in [0.2, 0.25) is 5.13 Å². The second-order valence-corrected chi connectivity index (χ2v) is 5.41. The van der Waals surface area contributed by atoms with E-state index in [2.05, 4.69) is 27.1 Å². The lowest BCUT2D eigenvalue weighted by Crippen LogP contribution is -2.11. The third-order valence-corrected chi connectivity index (χ3v) is 3.84. The molecule has 0 bridgehead atoms. The quantitative estimate of drug-likeness (QED) is 0.517. The van der Waals surface area contributed by atoms with Gasteiger partial charge in [0.15, 0.2) is 4.34 Å². The van der Waals surface area contributed by atoms with Crippen LogP contribution in [-0.2, 0) is 0 Å². The van der Waals surface area contributed by atoms with Crippen molar-refractivity contribution in [3.8, 4) is 0 Å². The maximum absolute atomic E-state index is 11.8. The van der Waals surface area contributed by atoms with Crippen molar-refractivity contribution < 1.29 is 4.79 Å². The Hall–Kier alpha value is -1.73.